The lowest BCUT2D eigenvalue weighted by Crippen LogP contribution is -1.85. The van der Waals surface area contributed by atoms with Crippen molar-refractivity contribution in [1.29, 1.82) is 0 Å². The van der Waals surface area contributed by atoms with E-state index in [1.54, 1.807) is 0 Å². The van der Waals surface area contributed by atoms with Crippen molar-refractivity contribution in [3.05, 3.63) is 146 Å². The molecule has 3 heterocycles. The monoisotopic (exact) mass is 600 g/mol. The van der Waals surface area contributed by atoms with Crippen molar-refractivity contribution in [1.82, 2.24) is 0 Å². The van der Waals surface area contributed by atoms with E-state index >= 15 is 0 Å². The molecule has 0 unspecified atom stereocenters. The molecule has 3 nitrogen and oxygen atoms in total. The SMILES string of the molecule is c1ccc2c(c1)oc1c(-c3ccc4oc5ccc(-c6cccc7c6oc6ccccc67)c6cccc(c7cccc3c47)c56)cccc12. The summed E-state index contributed by atoms with van der Waals surface area (Å²) < 4.78 is 19.8. The van der Waals surface area contributed by atoms with E-state index in [-0.39, 0.29) is 0 Å². The van der Waals surface area contributed by atoms with Crippen LogP contribution in [0, 0.1) is 0 Å². The van der Waals surface area contributed by atoms with Gasteiger partial charge in [-0.1, -0.05) is 109 Å². The zero-order valence-corrected chi connectivity index (χ0v) is 25.1. The van der Waals surface area contributed by atoms with Crippen molar-refractivity contribution in [3.8, 4) is 22.3 Å². The van der Waals surface area contributed by atoms with Crippen LogP contribution in [0.2, 0.25) is 0 Å². The van der Waals surface area contributed by atoms with Gasteiger partial charge in [0, 0.05) is 43.4 Å². The summed E-state index contributed by atoms with van der Waals surface area (Å²) in [6.45, 7) is 0. The molecule has 0 spiro atoms. The van der Waals surface area contributed by atoms with Gasteiger partial charge in [-0.3, -0.25) is 0 Å². The Morgan fingerprint density at radius 3 is 1.15 bits per heavy atom. The van der Waals surface area contributed by atoms with E-state index in [1.807, 2.05) is 24.3 Å². The summed E-state index contributed by atoms with van der Waals surface area (Å²) in [6.07, 6.45) is 0. The Kier molecular flexibility index (Phi) is 4.84. The van der Waals surface area contributed by atoms with Crippen LogP contribution >= 0.6 is 0 Å². The molecule has 0 bridgehead atoms. The molecule has 11 rings (SSSR count). The Labute approximate surface area is 267 Å². The molecule has 3 aromatic heterocycles. The van der Waals surface area contributed by atoms with Crippen LogP contribution in [0.15, 0.2) is 159 Å². The molecule has 0 radical (unpaired) electrons. The minimum Gasteiger partial charge on any atom is -0.456 e. The van der Waals surface area contributed by atoms with E-state index in [4.69, 9.17) is 13.3 Å². The lowest BCUT2D eigenvalue weighted by Gasteiger charge is -2.10. The Balaban J connectivity index is 1.23. The Morgan fingerprint density at radius 1 is 0.234 bits per heavy atom. The summed E-state index contributed by atoms with van der Waals surface area (Å²) in [5.74, 6) is 0. The molecule has 3 heteroatoms. The van der Waals surface area contributed by atoms with Gasteiger partial charge >= 0.3 is 0 Å². The number of hydrogen-bond donors (Lipinski definition) is 0. The van der Waals surface area contributed by atoms with Gasteiger partial charge < -0.3 is 13.3 Å². The summed E-state index contributed by atoms with van der Waals surface area (Å²) in [5, 5.41) is 11.3. The summed E-state index contributed by atoms with van der Waals surface area (Å²) in [7, 11) is 0. The molecule has 218 valence electrons. The molecule has 0 aliphatic heterocycles. The van der Waals surface area contributed by atoms with Gasteiger partial charge in [0.25, 0.3) is 0 Å². The Hall–Kier alpha value is -6.32. The fraction of sp³-hybridized carbons (Fsp3) is 0. The van der Waals surface area contributed by atoms with Gasteiger partial charge in [0.1, 0.15) is 33.5 Å². The smallest absolute Gasteiger partial charge is 0.143 e. The number of benzene rings is 8. The molecule has 0 amide bonds. The molecule has 11 aromatic rings. The lowest BCUT2D eigenvalue weighted by molar-refractivity contribution is 0.664. The molecule has 0 saturated heterocycles. The highest BCUT2D eigenvalue weighted by Crippen LogP contribution is 2.45. The molecule has 0 saturated carbocycles. The first-order valence-electron chi connectivity index (χ1n) is 15.9. The highest BCUT2D eigenvalue weighted by atomic mass is 16.3. The third kappa shape index (κ3) is 3.35. The second kappa shape index (κ2) is 9.12. The summed E-state index contributed by atoms with van der Waals surface area (Å²) in [4.78, 5) is 0. The summed E-state index contributed by atoms with van der Waals surface area (Å²) in [5.41, 5.74) is 9.68. The zero-order valence-electron chi connectivity index (χ0n) is 25.1. The highest BCUT2D eigenvalue weighted by molar-refractivity contribution is 6.27. The minimum atomic E-state index is 0.848. The molecular formula is C44H24O3. The minimum absolute atomic E-state index is 0.848. The van der Waals surface area contributed by atoms with Crippen molar-refractivity contribution < 1.29 is 13.3 Å². The van der Waals surface area contributed by atoms with Crippen LogP contribution in [-0.2, 0) is 0 Å². The zero-order chi connectivity index (χ0) is 30.6. The van der Waals surface area contributed by atoms with Crippen molar-refractivity contribution in [2.45, 2.75) is 0 Å². The van der Waals surface area contributed by atoms with Crippen LogP contribution in [0.1, 0.15) is 0 Å². The van der Waals surface area contributed by atoms with Crippen LogP contribution < -0.4 is 0 Å². The first kappa shape index (κ1) is 24.9. The molecule has 0 N–H and O–H groups in total. The first-order valence-corrected chi connectivity index (χ1v) is 15.9. The maximum absolute atomic E-state index is 6.85. The van der Waals surface area contributed by atoms with Crippen LogP contribution in [0.3, 0.4) is 0 Å². The fourth-order valence-corrected chi connectivity index (χ4v) is 7.87. The second-order valence-corrected chi connectivity index (χ2v) is 12.3. The maximum Gasteiger partial charge on any atom is 0.143 e. The second-order valence-electron chi connectivity index (χ2n) is 12.3. The van der Waals surface area contributed by atoms with Crippen molar-refractivity contribution in [2.75, 3.05) is 0 Å². The third-order valence-corrected chi connectivity index (χ3v) is 9.90. The van der Waals surface area contributed by atoms with E-state index in [0.717, 1.165) is 110 Å². The third-order valence-electron chi connectivity index (χ3n) is 9.90. The predicted octanol–water partition coefficient (Wildman–Crippen LogP) is 13.0. The number of furan rings is 2. The first-order chi connectivity index (χ1) is 23.3. The van der Waals surface area contributed by atoms with Gasteiger partial charge in [0.15, 0.2) is 0 Å². The van der Waals surface area contributed by atoms with Crippen LogP contribution in [-0.4, -0.2) is 0 Å². The van der Waals surface area contributed by atoms with Crippen LogP contribution in [0.25, 0.3) is 110 Å². The number of para-hydroxylation sites is 4. The number of fused-ring (bicyclic) bond motifs is 7. The van der Waals surface area contributed by atoms with Crippen molar-refractivity contribution in [3.63, 3.8) is 0 Å². The van der Waals surface area contributed by atoms with E-state index in [9.17, 15) is 0 Å². The molecule has 0 aliphatic carbocycles. The van der Waals surface area contributed by atoms with Gasteiger partial charge in [0.05, 0.1) is 0 Å². The van der Waals surface area contributed by atoms with E-state index in [2.05, 4.69) is 121 Å². The van der Waals surface area contributed by atoms with Gasteiger partial charge in [0.2, 0.25) is 0 Å². The fourth-order valence-electron chi connectivity index (χ4n) is 7.87. The summed E-state index contributed by atoms with van der Waals surface area (Å²) >= 11 is 0. The molecule has 8 aromatic carbocycles. The average Bonchev–Trinajstić information content (AvgIpc) is 3.66. The molecular weight excluding hydrogens is 576 g/mol. The number of rotatable bonds is 2. The van der Waals surface area contributed by atoms with Gasteiger partial charge in [-0.15, -0.1) is 0 Å². The normalized spacial score (nSPS) is 12.3. The van der Waals surface area contributed by atoms with E-state index in [0.29, 0.717) is 0 Å². The molecule has 0 atom stereocenters. The Bertz CT molecular complexity index is 2870. The van der Waals surface area contributed by atoms with Crippen molar-refractivity contribution in [2.24, 2.45) is 0 Å². The molecule has 47 heavy (non-hydrogen) atoms. The summed E-state index contributed by atoms with van der Waals surface area (Å²) in [6, 6.07) is 51.1. The quantitative estimate of drug-likeness (QED) is 0.198. The topological polar surface area (TPSA) is 39.4 Å². The van der Waals surface area contributed by atoms with E-state index < -0.39 is 0 Å². The van der Waals surface area contributed by atoms with Gasteiger partial charge in [-0.2, -0.15) is 0 Å². The standard InChI is InChI=1S/C44H24O3/c1-3-19-37-27(9-1)35-17-7-15-33(43(35)46-37)25-21-23-39-41-29(25)11-5-13-31(41)32-14-6-12-30-26(22-24-40(45-39)42(30)32)34-16-8-18-36-28-10-2-4-20-38(28)47-44(34)36/h1-24H. The van der Waals surface area contributed by atoms with Gasteiger partial charge in [-0.05, 0) is 69.1 Å². The van der Waals surface area contributed by atoms with Crippen LogP contribution in [0.4, 0.5) is 0 Å². The van der Waals surface area contributed by atoms with Gasteiger partial charge in [-0.25, -0.2) is 0 Å². The lowest BCUT2D eigenvalue weighted by atomic mass is 9.92. The molecule has 0 aliphatic rings. The van der Waals surface area contributed by atoms with Crippen molar-refractivity contribution >= 4 is 87.4 Å². The Morgan fingerprint density at radius 2 is 0.638 bits per heavy atom. The predicted molar refractivity (Wildman–Crippen MR) is 194 cm³/mol. The van der Waals surface area contributed by atoms with E-state index in [1.165, 1.54) is 0 Å². The largest absolute Gasteiger partial charge is 0.456 e. The maximum atomic E-state index is 6.85. The average molecular weight is 601 g/mol. The molecule has 0 fully saturated rings. The van der Waals surface area contributed by atoms with Crippen LogP contribution in [0.5, 0.6) is 0 Å². The highest BCUT2D eigenvalue weighted by Gasteiger charge is 2.20. The number of hydrogen-bond acceptors (Lipinski definition) is 3.